The van der Waals surface area contributed by atoms with Gasteiger partial charge < -0.3 is 4.42 Å². The summed E-state index contributed by atoms with van der Waals surface area (Å²) in [5.41, 5.74) is 5.62. The first-order valence-electron chi connectivity index (χ1n) is 6.85. The van der Waals surface area contributed by atoms with Crippen molar-refractivity contribution in [3.8, 4) is 11.1 Å². The van der Waals surface area contributed by atoms with Crippen LogP contribution in [0.4, 0.5) is 0 Å². The number of hydrogen-bond acceptors (Lipinski definition) is 3. The molecule has 0 aliphatic heterocycles. The van der Waals surface area contributed by atoms with Gasteiger partial charge in [-0.2, -0.15) is 5.10 Å². The second-order valence-electron chi connectivity index (χ2n) is 4.66. The van der Waals surface area contributed by atoms with Gasteiger partial charge >= 0.3 is 5.91 Å². The first-order chi connectivity index (χ1) is 10.8. The van der Waals surface area contributed by atoms with E-state index in [1.165, 1.54) is 6.26 Å². The lowest BCUT2D eigenvalue weighted by Gasteiger charge is -2.01. The van der Waals surface area contributed by atoms with E-state index >= 15 is 0 Å². The minimum absolute atomic E-state index is 0.233. The Bertz CT molecular complexity index is 761. The maximum absolute atomic E-state index is 11.6. The van der Waals surface area contributed by atoms with E-state index in [1.54, 1.807) is 18.3 Å². The van der Waals surface area contributed by atoms with Gasteiger partial charge in [-0.05, 0) is 28.8 Å². The van der Waals surface area contributed by atoms with Crippen molar-refractivity contribution in [2.24, 2.45) is 5.10 Å². The quantitative estimate of drug-likeness (QED) is 0.588. The summed E-state index contributed by atoms with van der Waals surface area (Å²) < 4.78 is 4.98. The minimum atomic E-state index is -0.373. The summed E-state index contributed by atoms with van der Waals surface area (Å²) in [4.78, 5) is 11.6. The van der Waals surface area contributed by atoms with Gasteiger partial charge in [0.25, 0.3) is 0 Å². The van der Waals surface area contributed by atoms with Gasteiger partial charge in [-0.25, -0.2) is 5.43 Å². The zero-order valence-corrected chi connectivity index (χ0v) is 11.8. The molecular weight excluding hydrogens is 276 g/mol. The molecule has 0 unspecified atom stereocenters. The van der Waals surface area contributed by atoms with Crippen LogP contribution in [-0.2, 0) is 0 Å². The van der Waals surface area contributed by atoms with Gasteiger partial charge in [0.2, 0.25) is 0 Å². The van der Waals surface area contributed by atoms with Crippen LogP contribution < -0.4 is 5.43 Å². The van der Waals surface area contributed by atoms with E-state index in [9.17, 15) is 4.79 Å². The molecule has 1 aromatic heterocycles. The number of nitrogens with zero attached hydrogens (tertiary/aromatic N) is 1. The number of rotatable bonds is 4. The van der Waals surface area contributed by atoms with Gasteiger partial charge in [0.05, 0.1) is 12.5 Å². The molecule has 4 heteroatoms. The van der Waals surface area contributed by atoms with Crippen LogP contribution in [-0.4, -0.2) is 12.1 Å². The third kappa shape index (κ3) is 3.30. The van der Waals surface area contributed by atoms with Crippen molar-refractivity contribution in [2.45, 2.75) is 0 Å². The molecule has 0 radical (unpaired) electrons. The Morgan fingerprint density at radius 1 is 0.909 bits per heavy atom. The highest BCUT2D eigenvalue weighted by molar-refractivity contribution is 5.92. The third-order valence-corrected chi connectivity index (χ3v) is 3.14. The van der Waals surface area contributed by atoms with Crippen molar-refractivity contribution < 1.29 is 9.21 Å². The van der Waals surface area contributed by atoms with Gasteiger partial charge in [-0.3, -0.25) is 4.79 Å². The van der Waals surface area contributed by atoms with Gasteiger partial charge in [0, 0.05) is 0 Å². The highest BCUT2D eigenvalue weighted by atomic mass is 16.3. The van der Waals surface area contributed by atoms with Crippen molar-refractivity contribution in [2.75, 3.05) is 0 Å². The van der Waals surface area contributed by atoms with Crippen molar-refractivity contribution in [3.63, 3.8) is 0 Å². The fourth-order valence-electron chi connectivity index (χ4n) is 2.02. The standard InChI is InChI=1S/C18H14N2O2/c21-18(17-7-4-12-22-17)20-19-13-14-8-10-16(11-9-14)15-5-2-1-3-6-15/h1-13H,(H,20,21)/b19-13+. The van der Waals surface area contributed by atoms with Crippen LogP contribution in [0.15, 0.2) is 82.5 Å². The number of hydrazone groups is 1. The number of nitrogens with one attached hydrogen (secondary N) is 1. The molecule has 2 aromatic carbocycles. The summed E-state index contributed by atoms with van der Waals surface area (Å²) in [6, 6.07) is 21.3. The van der Waals surface area contributed by atoms with Crippen molar-refractivity contribution in [1.82, 2.24) is 5.43 Å². The number of hydrogen-bond donors (Lipinski definition) is 1. The number of carbonyl (C=O) groups is 1. The lowest BCUT2D eigenvalue weighted by atomic mass is 10.0. The van der Waals surface area contributed by atoms with Crippen LogP contribution in [0.3, 0.4) is 0 Å². The minimum Gasteiger partial charge on any atom is -0.459 e. The fraction of sp³-hybridized carbons (Fsp3) is 0. The largest absolute Gasteiger partial charge is 0.459 e. The fourth-order valence-corrected chi connectivity index (χ4v) is 2.02. The maximum Gasteiger partial charge on any atom is 0.307 e. The van der Waals surface area contributed by atoms with Gasteiger partial charge in [0.15, 0.2) is 5.76 Å². The molecule has 0 saturated carbocycles. The Labute approximate surface area is 128 Å². The molecule has 0 atom stereocenters. The normalized spacial score (nSPS) is 10.7. The smallest absolute Gasteiger partial charge is 0.307 e. The van der Waals surface area contributed by atoms with Crippen LogP contribution in [0.2, 0.25) is 0 Å². The Balaban J connectivity index is 1.64. The molecule has 4 nitrogen and oxygen atoms in total. The maximum atomic E-state index is 11.6. The van der Waals surface area contributed by atoms with E-state index < -0.39 is 0 Å². The lowest BCUT2D eigenvalue weighted by Crippen LogP contribution is -2.16. The highest BCUT2D eigenvalue weighted by Crippen LogP contribution is 2.18. The molecule has 0 aliphatic carbocycles. The predicted octanol–water partition coefficient (Wildman–Crippen LogP) is 3.71. The van der Waals surface area contributed by atoms with Crippen molar-refractivity contribution in [3.05, 3.63) is 84.3 Å². The zero-order chi connectivity index (χ0) is 15.2. The Hall–Kier alpha value is -3.14. The Morgan fingerprint density at radius 2 is 1.64 bits per heavy atom. The van der Waals surface area contributed by atoms with Crippen LogP contribution in [0, 0.1) is 0 Å². The molecule has 1 N–H and O–H groups in total. The summed E-state index contributed by atoms with van der Waals surface area (Å²) in [6.45, 7) is 0. The number of carbonyl (C=O) groups excluding carboxylic acids is 1. The van der Waals surface area contributed by atoms with Crippen molar-refractivity contribution in [1.29, 1.82) is 0 Å². The van der Waals surface area contributed by atoms with Gasteiger partial charge in [-0.1, -0.05) is 54.6 Å². The average Bonchev–Trinajstić information content (AvgIpc) is 3.11. The van der Waals surface area contributed by atoms with E-state index in [0.29, 0.717) is 0 Å². The predicted molar refractivity (Wildman–Crippen MR) is 85.6 cm³/mol. The molecule has 108 valence electrons. The van der Waals surface area contributed by atoms with Crippen LogP contribution in [0.25, 0.3) is 11.1 Å². The number of furan rings is 1. The topological polar surface area (TPSA) is 54.6 Å². The zero-order valence-electron chi connectivity index (χ0n) is 11.8. The van der Waals surface area contributed by atoms with E-state index in [0.717, 1.165) is 16.7 Å². The monoisotopic (exact) mass is 290 g/mol. The van der Waals surface area contributed by atoms with E-state index in [4.69, 9.17) is 4.42 Å². The first-order valence-corrected chi connectivity index (χ1v) is 6.85. The highest BCUT2D eigenvalue weighted by Gasteiger charge is 2.05. The lowest BCUT2D eigenvalue weighted by molar-refractivity contribution is 0.0927. The summed E-state index contributed by atoms with van der Waals surface area (Å²) in [7, 11) is 0. The van der Waals surface area contributed by atoms with E-state index in [-0.39, 0.29) is 11.7 Å². The number of amides is 1. The summed E-state index contributed by atoms with van der Waals surface area (Å²) in [5.74, 6) is -0.140. The molecule has 1 heterocycles. The summed E-state index contributed by atoms with van der Waals surface area (Å²) >= 11 is 0. The number of benzene rings is 2. The Kier molecular flexibility index (Phi) is 4.11. The average molecular weight is 290 g/mol. The van der Waals surface area contributed by atoms with E-state index in [1.807, 2.05) is 42.5 Å². The van der Waals surface area contributed by atoms with Crippen LogP contribution in [0.1, 0.15) is 16.1 Å². The molecule has 0 spiro atoms. The first kappa shape index (κ1) is 13.8. The third-order valence-electron chi connectivity index (χ3n) is 3.14. The second kappa shape index (κ2) is 6.54. The Morgan fingerprint density at radius 3 is 2.32 bits per heavy atom. The molecule has 0 bridgehead atoms. The summed E-state index contributed by atoms with van der Waals surface area (Å²) in [5, 5.41) is 3.92. The molecule has 3 rings (SSSR count). The van der Waals surface area contributed by atoms with E-state index in [2.05, 4.69) is 22.7 Å². The van der Waals surface area contributed by atoms with Crippen molar-refractivity contribution >= 4 is 12.1 Å². The molecule has 0 aliphatic rings. The summed E-state index contributed by atoms with van der Waals surface area (Å²) in [6.07, 6.45) is 3.04. The molecule has 0 fully saturated rings. The van der Waals surface area contributed by atoms with Crippen LogP contribution >= 0.6 is 0 Å². The second-order valence-corrected chi connectivity index (χ2v) is 4.66. The molecule has 22 heavy (non-hydrogen) atoms. The van der Waals surface area contributed by atoms with Crippen LogP contribution in [0.5, 0.6) is 0 Å². The molecule has 3 aromatic rings. The molecule has 1 amide bonds. The molecule has 0 saturated heterocycles. The SMILES string of the molecule is O=C(N/N=C/c1ccc(-c2ccccc2)cc1)c1ccco1. The van der Waals surface area contributed by atoms with Gasteiger partial charge in [0.1, 0.15) is 0 Å². The van der Waals surface area contributed by atoms with Gasteiger partial charge in [-0.15, -0.1) is 0 Å². The molecular formula is C18H14N2O2.